The highest BCUT2D eigenvalue weighted by atomic mass is 16.5. The fourth-order valence-corrected chi connectivity index (χ4v) is 2.29. The van der Waals surface area contributed by atoms with Gasteiger partial charge in [-0.05, 0) is 55.7 Å². The van der Waals surface area contributed by atoms with Gasteiger partial charge >= 0.3 is 5.97 Å². The lowest BCUT2D eigenvalue weighted by molar-refractivity contribution is -0.146. The topological polar surface area (TPSA) is 64.6 Å². The average molecular weight is 341 g/mol. The first-order chi connectivity index (χ1) is 12.0. The van der Waals surface area contributed by atoms with Crippen molar-refractivity contribution in [3.63, 3.8) is 0 Å². The molecule has 0 saturated heterocycles. The van der Waals surface area contributed by atoms with Crippen molar-refractivity contribution in [2.45, 2.75) is 27.2 Å². The maximum atomic E-state index is 11.9. The number of anilines is 1. The van der Waals surface area contributed by atoms with E-state index in [1.54, 1.807) is 12.1 Å². The molecule has 0 aliphatic heterocycles. The third-order valence-corrected chi connectivity index (χ3v) is 3.61. The lowest BCUT2D eigenvalue weighted by Gasteiger charge is -2.10. The molecular formula is C20H23NO4. The summed E-state index contributed by atoms with van der Waals surface area (Å²) in [4.78, 5) is 23.8. The Balaban J connectivity index is 1.80. The molecule has 25 heavy (non-hydrogen) atoms. The smallest absolute Gasteiger partial charge is 0.310 e. The van der Waals surface area contributed by atoms with Gasteiger partial charge in [-0.3, -0.25) is 9.59 Å². The Morgan fingerprint density at radius 1 is 1.04 bits per heavy atom. The van der Waals surface area contributed by atoms with E-state index in [0.29, 0.717) is 6.61 Å². The number of benzene rings is 2. The summed E-state index contributed by atoms with van der Waals surface area (Å²) in [5.74, 6) is -0.0402. The van der Waals surface area contributed by atoms with E-state index in [1.165, 1.54) is 0 Å². The lowest BCUT2D eigenvalue weighted by atomic mass is 10.1. The van der Waals surface area contributed by atoms with Gasteiger partial charge < -0.3 is 14.8 Å². The molecule has 0 aromatic heterocycles. The summed E-state index contributed by atoms with van der Waals surface area (Å²) in [5.41, 5.74) is 3.55. The van der Waals surface area contributed by atoms with E-state index in [4.69, 9.17) is 9.47 Å². The van der Waals surface area contributed by atoms with Crippen LogP contribution in [0.3, 0.4) is 0 Å². The fourth-order valence-electron chi connectivity index (χ4n) is 2.29. The Labute approximate surface area is 148 Å². The van der Waals surface area contributed by atoms with Crippen LogP contribution >= 0.6 is 0 Å². The molecule has 0 heterocycles. The molecule has 2 aromatic rings. The van der Waals surface area contributed by atoms with Gasteiger partial charge in [0.15, 0.2) is 6.61 Å². The van der Waals surface area contributed by atoms with Crippen LogP contribution in [0.15, 0.2) is 42.5 Å². The molecule has 0 aliphatic carbocycles. The van der Waals surface area contributed by atoms with Crippen LogP contribution in [0, 0.1) is 13.8 Å². The van der Waals surface area contributed by atoms with Gasteiger partial charge in [0.25, 0.3) is 5.91 Å². The molecule has 0 fully saturated rings. The van der Waals surface area contributed by atoms with Crippen molar-refractivity contribution in [1.82, 2.24) is 0 Å². The maximum absolute atomic E-state index is 11.9. The Morgan fingerprint density at radius 3 is 2.44 bits per heavy atom. The van der Waals surface area contributed by atoms with Crippen LogP contribution in [-0.2, 0) is 20.7 Å². The number of rotatable bonds is 7. The van der Waals surface area contributed by atoms with Gasteiger partial charge in [-0.2, -0.15) is 0 Å². The van der Waals surface area contributed by atoms with E-state index in [1.807, 2.05) is 51.1 Å². The first-order valence-corrected chi connectivity index (χ1v) is 8.22. The van der Waals surface area contributed by atoms with Crippen LogP contribution in [0.25, 0.3) is 0 Å². The first kappa shape index (κ1) is 18.5. The highest BCUT2D eigenvalue weighted by Crippen LogP contribution is 2.16. The zero-order valence-electron chi connectivity index (χ0n) is 14.8. The quantitative estimate of drug-likeness (QED) is 0.784. The maximum Gasteiger partial charge on any atom is 0.310 e. The molecule has 0 spiro atoms. The van der Waals surface area contributed by atoms with Crippen LogP contribution in [0.4, 0.5) is 5.69 Å². The molecule has 5 heteroatoms. The molecule has 0 atom stereocenters. The Bertz CT molecular complexity index is 738. The molecule has 0 unspecified atom stereocenters. The first-order valence-electron chi connectivity index (χ1n) is 8.22. The third-order valence-electron chi connectivity index (χ3n) is 3.61. The van der Waals surface area contributed by atoms with Gasteiger partial charge in [-0.15, -0.1) is 0 Å². The molecule has 2 aromatic carbocycles. The van der Waals surface area contributed by atoms with Crippen LogP contribution < -0.4 is 10.1 Å². The third kappa shape index (κ3) is 5.95. The molecular weight excluding hydrogens is 318 g/mol. The Hall–Kier alpha value is -2.82. The molecule has 1 N–H and O–H groups in total. The van der Waals surface area contributed by atoms with E-state index in [-0.39, 0.29) is 18.9 Å². The van der Waals surface area contributed by atoms with Crippen molar-refractivity contribution < 1.29 is 19.1 Å². The van der Waals surface area contributed by atoms with Crippen LogP contribution in [0.2, 0.25) is 0 Å². The van der Waals surface area contributed by atoms with Gasteiger partial charge in [0, 0.05) is 5.69 Å². The summed E-state index contributed by atoms with van der Waals surface area (Å²) >= 11 is 0. The van der Waals surface area contributed by atoms with E-state index in [9.17, 15) is 9.59 Å². The van der Waals surface area contributed by atoms with Gasteiger partial charge in [0.1, 0.15) is 5.75 Å². The number of carbonyl (C=O) groups excluding carboxylic acids is 2. The minimum atomic E-state index is -0.444. The van der Waals surface area contributed by atoms with E-state index < -0.39 is 5.97 Å². The number of hydrogen-bond acceptors (Lipinski definition) is 4. The number of esters is 1. The summed E-state index contributed by atoms with van der Waals surface area (Å²) in [6, 6.07) is 13.0. The fraction of sp³-hybridized carbons (Fsp3) is 0.300. The van der Waals surface area contributed by atoms with E-state index in [0.717, 1.165) is 28.1 Å². The van der Waals surface area contributed by atoms with Crippen molar-refractivity contribution in [1.29, 1.82) is 0 Å². The van der Waals surface area contributed by atoms with Crippen LogP contribution in [0.1, 0.15) is 23.6 Å². The lowest BCUT2D eigenvalue weighted by Crippen LogP contribution is -2.22. The second kappa shape index (κ2) is 8.87. The second-order valence-electron chi connectivity index (χ2n) is 5.78. The number of amides is 1. The normalized spacial score (nSPS) is 10.2. The van der Waals surface area contributed by atoms with Crippen molar-refractivity contribution >= 4 is 17.6 Å². The molecule has 1 amide bonds. The average Bonchev–Trinajstić information content (AvgIpc) is 2.58. The van der Waals surface area contributed by atoms with Crippen LogP contribution in [0.5, 0.6) is 5.75 Å². The monoisotopic (exact) mass is 341 g/mol. The van der Waals surface area contributed by atoms with Crippen molar-refractivity contribution in [2.75, 3.05) is 18.5 Å². The van der Waals surface area contributed by atoms with Crippen LogP contribution in [-0.4, -0.2) is 25.1 Å². The van der Waals surface area contributed by atoms with E-state index >= 15 is 0 Å². The molecule has 132 valence electrons. The second-order valence-corrected chi connectivity index (χ2v) is 5.78. The number of hydrogen-bond donors (Lipinski definition) is 1. The minimum absolute atomic E-state index is 0.114. The van der Waals surface area contributed by atoms with Gasteiger partial charge in [-0.1, -0.05) is 24.3 Å². The highest BCUT2D eigenvalue weighted by Gasteiger charge is 2.10. The molecule has 5 nitrogen and oxygen atoms in total. The SMILES string of the molecule is CCOc1ccc(CC(=O)OCC(=O)Nc2cc(C)ccc2C)cc1. The largest absolute Gasteiger partial charge is 0.494 e. The molecule has 0 bridgehead atoms. The summed E-state index contributed by atoms with van der Waals surface area (Å²) in [7, 11) is 0. The van der Waals surface area contributed by atoms with Gasteiger partial charge in [0.2, 0.25) is 0 Å². The minimum Gasteiger partial charge on any atom is -0.494 e. The van der Waals surface area contributed by atoms with Crippen molar-refractivity contribution in [3.8, 4) is 5.75 Å². The summed E-state index contributed by atoms with van der Waals surface area (Å²) in [5, 5.41) is 2.76. The highest BCUT2D eigenvalue weighted by molar-refractivity contribution is 5.93. The Morgan fingerprint density at radius 2 is 1.76 bits per heavy atom. The molecule has 0 saturated carbocycles. The molecule has 0 aliphatic rings. The summed E-state index contributed by atoms with van der Waals surface area (Å²) < 4.78 is 10.4. The zero-order chi connectivity index (χ0) is 18.2. The molecule has 0 radical (unpaired) electrons. The summed E-state index contributed by atoms with van der Waals surface area (Å²) in [6.45, 7) is 6.06. The number of carbonyl (C=O) groups is 2. The van der Waals surface area contributed by atoms with Gasteiger partial charge in [-0.25, -0.2) is 0 Å². The number of aryl methyl sites for hydroxylation is 2. The predicted molar refractivity (Wildman–Crippen MR) is 96.8 cm³/mol. The number of ether oxygens (including phenoxy) is 2. The standard InChI is InChI=1S/C20H23NO4/c1-4-24-17-9-7-16(8-10-17)12-20(23)25-13-19(22)21-18-11-14(2)5-6-15(18)3/h5-11H,4,12-13H2,1-3H3,(H,21,22). The van der Waals surface area contributed by atoms with Gasteiger partial charge in [0.05, 0.1) is 13.0 Å². The zero-order valence-corrected chi connectivity index (χ0v) is 14.8. The number of nitrogens with one attached hydrogen (secondary N) is 1. The molecule has 2 rings (SSSR count). The summed E-state index contributed by atoms with van der Waals surface area (Å²) in [6.07, 6.45) is 0.114. The van der Waals surface area contributed by atoms with E-state index in [2.05, 4.69) is 5.32 Å². The Kier molecular flexibility index (Phi) is 6.57. The van der Waals surface area contributed by atoms with Crippen molar-refractivity contribution in [2.24, 2.45) is 0 Å². The predicted octanol–water partition coefficient (Wildman–Crippen LogP) is 3.43. The van der Waals surface area contributed by atoms with Crippen molar-refractivity contribution in [3.05, 3.63) is 59.2 Å².